The van der Waals surface area contributed by atoms with Crippen LogP contribution in [0.15, 0.2) is 24.3 Å². The summed E-state index contributed by atoms with van der Waals surface area (Å²) in [5, 5.41) is 10.5. The monoisotopic (exact) mass is 275 g/mol. The van der Waals surface area contributed by atoms with Crippen molar-refractivity contribution in [1.29, 1.82) is 0 Å². The number of rotatable bonds is 4. The zero-order valence-corrected chi connectivity index (χ0v) is 9.60. The van der Waals surface area contributed by atoms with Gasteiger partial charge in [-0.25, -0.2) is 0 Å². The number of halogens is 3. The van der Waals surface area contributed by atoms with Crippen LogP contribution in [0.3, 0.4) is 0 Å². The fourth-order valence-corrected chi connectivity index (χ4v) is 1.39. The van der Waals surface area contributed by atoms with Gasteiger partial charge >= 0.3 is 6.18 Å². The third kappa shape index (κ3) is 3.36. The SMILES string of the molecule is CC(C(=O)c1cccc([N+](=O)[O-])c1)C(=O)C(F)(F)F. The Morgan fingerprint density at radius 2 is 1.89 bits per heavy atom. The molecule has 0 amide bonds. The van der Waals surface area contributed by atoms with Crippen LogP contribution in [0.5, 0.6) is 0 Å². The van der Waals surface area contributed by atoms with E-state index in [4.69, 9.17) is 0 Å². The summed E-state index contributed by atoms with van der Waals surface area (Å²) in [5.74, 6) is -5.21. The first-order valence-electron chi connectivity index (χ1n) is 5.04. The Morgan fingerprint density at radius 3 is 2.37 bits per heavy atom. The quantitative estimate of drug-likeness (QED) is 0.366. The van der Waals surface area contributed by atoms with Gasteiger partial charge in [0, 0.05) is 17.7 Å². The van der Waals surface area contributed by atoms with Crippen molar-refractivity contribution in [2.75, 3.05) is 0 Å². The highest BCUT2D eigenvalue weighted by Gasteiger charge is 2.44. The van der Waals surface area contributed by atoms with E-state index < -0.39 is 34.3 Å². The van der Waals surface area contributed by atoms with E-state index in [1.54, 1.807) is 0 Å². The van der Waals surface area contributed by atoms with Gasteiger partial charge in [-0.2, -0.15) is 13.2 Å². The van der Waals surface area contributed by atoms with Crippen molar-refractivity contribution in [2.45, 2.75) is 13.1 Å². The molecule has 1 unspecified atom stereocenters. The molecule has 0 aliphatic heterocycles. The largest absolute Gasteiger partial charge is 0.450 e. The number of hydrogen-bond donors (Lipinski definition) is 0. The molecule has 1 aromatic rings. The Morgan fingerprint density at radius 1 is 1.32 bits per heavy atom. The standard InChI is InChI=1S/C11H8F3NO4/c1-6(10(17)11(12,13)14)9(16)7-3-2-4-8(5-7)15(18)19/h2-6H,1H3. The summed E-state index contributed by atoms with van der Waals surface area (Å²) in [7, 11) is 0. The van der Waals surface area contributed by atoms with E-state index in [0.29, 0.717) is 0 Å². The number of benzene rings is 1. The number of non-ortho nitro benzene ring substituents is 1. The maximum atomic E-state index is 12.2. The van der Waals surface area contributed by atoms with Crippen LogP contribution in [-0.4, -0.2) is 22.7 Å². The number of Topliss-reactive ketones (excluding diaryl/α,β-unsaturated/α-hetero) is 2. The molecule has 0 aliphatic rings. The van der Waals surface area contributed by atoms with Crippen molar-refractivity contribution in [3.05, 3.63) is 39.9 Å². The topological polar surface area (TPSA) is 77.3 Å². The lowest BCUT2D eigenvalue weighted by Gasteiger charge is -2.11. The van der Waals surface area contributed by atoms with Gasteiger partial charge in [0.1, 0.15) is 0 Å². The molecule has 0 saturated carbocycles. The van der Waals surface area contributed by atoms with E-state index in [-0.39, 0.29) is 5.56 Å². The van der Waals surface area contributed by atoms with Crippen LogP contribution >= 0.6 is 0 Å². The van der Waals surface area contributed by atoms with Gasteiger partial charge in [-0.1, -0.05) is 12.1 Å². The Bertz CT molecular complexity index is 539. The molecule has 1 rings (SSSR count). The second-order valence-electron chi connectivity index (χ2n) is 3.76. The number of carbonyl (C=O) groups excluding carboxylic acids is 2. The lowest BCUT2D eigenvalue weighted by molar-refractivity contribution is -0.384. The molecule has 0 aliphatic carbocycles. The van der Waals surface area contributed by atoms with Crippen LogP contribution in [-0.2, 0) is 4.79 Å². The normalized spacial score (nSPS) is 12.8. The number of hydrogen-bond acceptors (Lipinski definition) is 4. The third-order valence-electron chi connectivity index (χ3n) is 2.41. The van der Waals surface area contributed by atoms with Crippen molar-refractivity contribution < 1.29 is 27.7 Å². The van der Waals surface area contributed by atoms with Gasteiger partial charge < -0.3 is 0 Å². The minimum Gasteiger partial charge on any atom is -0.293 e. The van der Waals surface area contributed by atoms with Gasteiger partial charge in [0.05, 0.1) is 10.8 Å². The zero-order chi connectivity index (χ0) is 14.8. The van der Waals surface area contributed by atoms with Crippen molar-refractivity contribution in [1.82, 2.24) is 0 Å². The first-order chi connectivity index (χ1) is 8.64. The summed E-state index contributed by atoms with van der Waals surface area (Å²) in [6.45, 7) is 0.816. The van der Waals surface area contributed by atoms with Crippen molar-refractivity contribution in [3.8, 4) is 0 Å². The molecule has 0 heterocycles. The number of carbonyl (C=O) groups is 2. The number of nitro groups is 1. The molecule has 0 aromatic heterocycles. The molecular weight excluding hydrogens is 267 g/mol. The van der Waals surface area contributed by atoms with Gasteiger partial charge in [-0.3, -0.25) is 19.7 Å². The average molecular weight is 275 g/mol. The van der Waals surface area contributed by atoms with Crippen molar-refractivity contribution in [3.63, 3.8) is 0 Å². The molecule has 0 fully saturated rings. The van der Waals surface area contributed by atoms with Gasteiger partial charge in [0.15, 0.2) is 5.78 Å². The molecule has 0 spiro atoms. The van der Waals surface area contributed by atoms with Gasteiger partial charge in [0.2, 0.25) is 5.78 Å². The van der Waals surface area contributed by atoms with E-state index >= 15 is 0 Å². The molecule has 8 heteroatoms. The number of ketones is 2. The fraction of sp³-hybridized carbons (Fsp3) is 0.273. The molecule has 0 N–H and O–H groups in total. The van der Waals surface area contributed by atoms with Crippen LogP contribution < -0.4 is 0 Å². The summed E-state index contributed by atoms with van der Waals surface area (Å²) in [6, 6.07) is 4.21. The first kappa shape index (κ1) is 14.8. The van der Waals surface area contributed by atoms with E-state index in [1.807, 2.05) is 0 Å². The van der Waals surface area contributed by atoms with E-state index in [0.717, 1.165) is 31.2 Å². The summed E-state index contributed by atoms with van der Waals surface area (Å²) >= 11 is 0. The van der Waals surface area contributed by atoms with E-state index in [9.17, 15) is 32.9 Å². The van der Waals surface area contributed by atoms with Gasteiger partial charge in [0.25, 0.3) is 5.69 Å². The molecule has 0 saturated heterocycles. The Labute approximate surface area is 105 Å². The predicted octanol–water partition coefficient (Wildman–Crippen LogP) is 2.55. The maximum absolute atomic E-state index is 12.2. The summed E-state index contributed by atoms with van der Waals surface area (Å²) in [5.41, 5.74) is -0.739. The highest BCUT2D eigenvalue weighted by atomic mass is 19.4. The molecule has 5 nitrogen and oxygen atoms in total. The van der Waals surface area contributed by atoms with E-state index in [1.165, 1.54) is 0 Å². The van der Waals surface area contributed by atoms with Gasteiger partial charge in [-0.05, 0) is 6.92 Å². The highest BCUT2D eigenvalue weighted by Crippen LogP contribution is 2.24. The van der Waals surface area contributed by atoms with Gasteiger partial charge in [-0.15, -0.1) is 0 Å². The minimum atomic E-state index is -5.12. The van der Waals surface area contributed by atoms with Crippen LogP contribution in [0, 0.1) is 16.0 Å². The fourth-order valence-electron chi connectivity index (χ4n) is 1.39. The number of nitro benzene ring substituents is 1. The lowest BCUT2D eigenvalue weighted by atomic mass is 9.95. The third-order valence-corrected chi connectivity index (χ3v) is 2.41. The molecule has 0 radical (unpaired) electrons. The van der Waals surface area contributed by atoms with Crippen molar-refractivity contribution in [2.24, 2.45) is 5.92 Å². The average Bonchev–Trinajstić information content (AvgIpc) is 2.35. The first-order valence-corrected chi connectivity index (χ1v) is 5.04. The Hall–Kier alpha value is -2.25. The summed E-state index contributed by atoms with van der Waals surface area (Å²) in [4.78, 5) is 32.3. The Kier molecular flexibility index (Phi) is 4.03. The summed E-state index contributed by atoms with van der Waals surface area (Å²) < 4.78 is 36.5. The molecule has 0 bridgehead atoms. The Balaban J connectivity index is 3.04. The molecule has 102 valence electrons. The molecule has 1 aromatic carbocycles. The second kappa shape index (κ2) is 5.17. The van der Waals surface area contributed by atoms with Crippen LogP contribution in [0.2, 0.25) is 0 Å². The van der Waals surface area contributed by atoms with Crippen LogP contribution in [0.1, 0.15) is 17.3 Å². The predicted molar refractivity (Wildman–Crippen MR) is 57.7 cm³/mol. The van der Waals surface area contributed by atoms with Crippen molar-refractivity contribution >= 4 is 17.3 Å². The summed E-state index contributed by atoms with van der Waals surface area (Å²) in [6.07, 6.45) is -5.12. The lowest BCUT2D eigenvalue weighted by Crippen LogP contribution is -2.33. The van der Waals surface area contributed by atoms with E-state index in [2.05, 4.69) is 0 Å². The number of nitrogens with zero attached hydrogens (tertiary/aromatic N) is 1. The van der Waals surface area contributed by atoms with Crippen LogP contribution in [0.4, 0.5) is 18.9 Å². The number of alkyl halides is 3. The molecule has 1 atom stereocenters. The highest BCUT2D eigenvalue weighted by molar-refractivity contribution is 6.12. The van der Waals surface area contributed by atoms with Crippen LogP contribution in [0.25, 0.3) is 0 Å². The molecular formula is C11H8F3NO4. The molecule has 19 heavy (non-hydrogen) atoms. The minimum absolute atomic E-state index is 0.306. The zero-order valence-electron chi connectivity index (χ0n) is 9.60. The maximum Gasteiger partial charge on any atom is 0.450 e. The smallest absolute Gasteiger partial charge is 0.293 e. The second-order valence-corrected chi connectivity index (χ2v) is 3.76.